The average molecular weight is 883 g/mol. The maximum atomic E-state index is 11.4. The van der Waals surface area contributed by atoms with Gasteiger partial charge in [0.2, 0.25) is 0 Å². The minimum Gasteiger partial charge on any atom is -0.493 e. The molecule has 1 aliphatic rings. The molecule has 0 spiro atoms. The minimum atomic E-state index is -0.413. The van der Waals surface area contributed by atoms with Crippen molar-refractivity contribution in [2.45, 2.75) is 79.1 Å². The molecule has 0 atom stereocenters. The number of para-hydroxylation sites is 2. The number of hydrogen-bond acceptors (Lipinski definition) is 8. The Bertz CT molecular complexity index is 2540. The molecule has 336 valence electrons. The molecule has 0 unspecified atom stereocenters. The molecule has 0 saturated carbocycles. The zero-order valence-corrected chi connectivity index (χ0v) is 38.0. The summed E-state index contributed by atoms with van der Waals surface area (Å²) in [7, 11) is 0. The molecule has 66 heavy (non-hydrogen) atoms. The van der Waals surface area contributed by atoms with Gasteiger partial charge in [-0.25, -0.2) is 0 Å². The van der Waals surface area contributed by atoms with Crippen LogP contribution in [0.15, 0.2) is 109 Å². The van der Waals surface area contributed by atoms with E-state index in [1.54, 1.807) is 24.3 Å². The van der Waals surface area contributed by atoms with Crippen LogP contribution in [0.4, 0.5) is 11.4 Å². The second kappa shape index (κ2) is 22.4. The molecular weight excluding hydrogens is 829 g/mol. The predicted octanol–water partition coefficient (Wildman–Crippen LogP) is 12.1. The van der Waals surface area contributed by atoms with Crippen molar-refractivity contribution in [2.75, 3.05) is 26.4 Å². The maximum Gasteiger partial charge on any atom is 0.269 e. The SMILES string of the molecule is CCCOc1c2cccc1Cc1cc(C#Cc3ccc([N+](=O)[O-])cc3)cc(c1OCCC)Cc1cccc(c1OCCC)Cc1cc(C#Cc3ccc([N+](=O)[O-])cc3)cc(c1OCCC)C2. The van der Waals surface area contributed by atoms with Crippen molar-refractivity contribution < 1.29 is 28.8 Å². The van der Waals surface area contributed by atoms with E-state index in [0.29, 0.717) is 63.2 Å². The van der Waals surface area contributed by atoms with Gasteiger partial charge in [0.1, 0.15) is 23.0 Å². The van der Waals surface area contributed by atoms with E-state index in [9.17, 15) is 20.2 Å². The van der Waals surface area contributed by atoms with Crippen LogP contribution in [-0.4, -0.2) is 36.3 Å². The Morgan fingerprint density at radius 2 is 0.652 bits per heavy atom. The van der Waals surface area contributed by atoms with Gasteiger partial charge in [-0.2, -0.15) is 0 Å². The third-order valence-corrected chi connectivity index (χ3v) is 11.0. The predicted molar refractivity (Wildman–Crippen MR) is 258 cm³/mol. The summed E-state index contributed by atoms with van der Waals surface area (Å²) in [5, 5.41) is 22.7. The molecule has 10 heteroatoms. The highest BCUT2D eigenvalue weighted by atomic mass is 16.6. The van der Waals surface area contributed by atoms with Crippen LogP contribution in [0.3, 0.4) is 0 Å². The standard InChI is InChI=1S/C56H54N2O8/c1-5-27-63-53-43-11-9-12-44(53)36-48-32-42(18-16-40-21-25-52(26-22-40)58(61)62)34-50(56(48)66-30-8-4)38-46-14-10-13-45(54(46)64-28-6-2)37-49-33-41(31-47(35-43)55(49)65-29-7-3)17-15-39-19-23-51(24-20-39)57(59)60/h9-14,19-26,31-34H,5-8,27-30,35-38H2,1-4H3. The molecule has 10 nitrogen and oxygen atoms in total. The van der Waals surface area contributed by atoms with E-state index >= 15 is 0 Å². The first-order valence-corrected chi connectivity index (χ1v) is 22.7. The van der Waals surface area contributed by atoms with E-state index in [-0.39, 0.29) is 11.4 Å². The number of rotatable bonds is 14. The lowest BCUT2D eigenvalue weighted by Gasteiger charge is -2.23. The summed E-state index contributed by atoms with van der Waals surface area (Å²) in [5.74, 6) is 16.5. The molecule has 0 aromatic heterocycles. The van der Waals surface area contributed by atoms with Gasteiger partial charge in [-0.15, -0.1) is 0 Å². The van der Waals surface area contributed by atoms with E-state index in [1.807, 2.05) is 0 Å². The number of benzene rings is 6. The summed E-state index contributed by atoms with van der Waals surface area (Å²) < 4.78 is 26.9. The van der Waals surface area contributed by atoms with E-state index in [0.717, 1.165) is 104 Å². The molecule has 0 amide bonds. The van der Waals surface area contributed by atoms with E-state index < -0.39 is 9.85 Å². The zero-order valence-electron chi connectivity index (χ0n) is 38.0. The molecule has 0 fully saturated rings. The molecule has 1 aliphatic carbocycles. The number of nitrogens with zero attached hydrogens (tertiary/aromatic N) is 2. The second-order valence-electron chi connectivity index (χ2n) is 16.3. The second-order valence-corrected chi connectivity index (χ2v) is 16.3. The van der Waals surface area contributed by atoms with E-state index in [4.69, 9.17) is 18.9 Å². The Morgan fingerprint density at radius 3 is 0.909 bits per heavy atom. The monoisotopic (exact) mass is 882 g/mol. The van der Waals surface area contributed by atoms with Crippen LogP contribution in [0.25, 0.3) is 0 Å². The number of ether oxygens (including phenoxy) is 4. The quantitative estimate of drug-likeness (QED) is 0.0601. The Morgan fingerprint density at radius 1 is 0.394 bits per heavy atom. The number of nitro benzene ring substituents is 2. The topological polar surface area (TPSA) is 123 Å². The molecule has 0 radical (unpaired) electrons. The zero-order chi connectivity index (χ0) is 46.4. The van der Waals surface area contributed by atoms with Crippen molar-refractivity contribution >= 4 is 11.4 Å². The molecule has 6 aromatic rings. The van der Waals surface area contributed by atoms with Gasteiger partial charge in [0, 0.05) is 94.5 Å². The first-order chi connectivity index (χ1) is 32.2. The lowest BCUT2D eigenvalue weighted by Crippen LogP contribution is -2.10. The lowest BCUT2D eigenvalue weighted by atomic mass is 9.89. The normalized spacial score (nSPS) is 11.6. The van der Waals surface area contributed by atoms with Crippen LogP contribution >= 0.6 is 0 Å². The molecule has 0 heterocycles. The summed E-state index contributed by atoms with van der Waals surface area (Å²) in [6.07, 6.45) is 5.27. The van der Waals surface area contributed by atoms with Crippen LogP contribution in [0.2, 0.25) is 0 Å². The van der Waals surface area contributed by atoms with Gasteiger partial charge < -0.3 is 18.9 Å². The molecule has 6 aromatic carbocycles. The third kappa shape index (κ3) is 11.6. The van der Waals surface area contributed by atoms with Crippen LogP contribution in [0, 0.1) is 43.9 Å². The van der Waals surface area contributed by atoms with Crippen LogP contribution in [0.5, 0.6) is 23.0 Å². The van der Waals surface area contributed by atoms with Gasteiger partial charge in [0.05, 0.1) is 36.3 Å². The molecule has 7 rings (SSSR count). The average Bonchev–Trinajstić information content (AvgIpc) is 3.31. The fourth-order valence-electron chi connectivity index (χ4n) is 8.01. The van der Waals surface area contributed by atoms with Gasteiger partial charge in [-0.3, -0.25) is 20.2 Å². The third-order valence-electron chi connectivity index (χ3n) is 11.0. The Balaban J connectivity index is 1.46. The van der Waals surface area contributed by atoms with Gasteiger partial charge in [0.15, 0.2) is 0 Å². The smallest absolute Gasteiger partial charge is 0.269 e. The molecule has 8 bridgehead atoms. The Hall–Kier alpha value is -7.56. The van der Waals surface area contributed by atoms with Crippen molar-refractivity contribution in [3.63, 3.8) is 0 Å². The first kappa shape index (κ1) is 46.4. The summed E-state index contributed by atoms with van der Waals surface area (Å²) in [4.78, 5) is 21.9. The lowest BCUT2D eigenvalue weighted by molar-refractivity contribution is -0.385. The van der Waals surface area contributed by atoms with Crippen molar-refractivity contribution in [2.24, 2.45) is 0 Å². The first-order valence-electron chi connectivity index (χ1n) is 22.7. The summed E-state index contributed by atoms with van der Waals surface area (Å²) in [6, 6.07) is 33.5. The Kier molecular flexibility index (Phi) is 15.7. The summed E-state index contributed by atoms with van der Waals surface area (Å²) >= 11 is 0. The number of nitro groups is 2. The number of non-ortho nitro benzene ring substituents is 2. The van der Waals surface area contributed by atoms with Gasteiger partial charge in [-0.1, -0.05) is 87.8 Å². The van der Waals surface area contributed by atoms with Crippen LogP contribution in [-0.2, 0) is 25.7 Å². The fraction of sp³-hybridized carbons (Fsp3) is 0.286. The van der Waals surface area contributed by atoms with Gasteiger partial charge in [0.25, 0.3) is 11.4 Å². The highest BCUT2D eigenvalue weighted by Crippen LogP contribution is 2.40. The number of fused-ring (bicyclic) bond motifs is 8. The van der Waals surface area contributed by atoms with Crippen molar-refractivity contribution in [1.82, 2.24) is 0 Å². The highest BCUT2D eigenvalue weighted by Gasteiger charge is 2.23. The highest BCUT2D eigenvalue weighted by molar-refractivity contribution is 5.60. The van der Waals surface area contributed by atoms with E-state index in [1.165, 1.54) is 24.3 Å². The minimum absolute atomic E-state index is 0.0135. The van der Waals surface area contributed by atoms with Gasteiger partial charge >= 0.3 is 0 Å². The van der Waals surface area contributed by atoms with Crippen molar-refractivity contribution in [3.8, 4) is 46.7 Å². The van der Waals surface area contributed by atoms with Crippen LogP contribution < -0.4 is 18.9 Å². The van der Waals surface area contributed by atoms with Gasteiger partial charge in [-0.05, 0) is 96.5 Å². The van der Waals surface area contributed by atoms with Crippen LogP contribution in [0.1, 0.15) is 120 Å². The molecule has 0 aliphatic heterocycles. The van der Waals surface area contributed by atoms with Crippen molar-refractivity contribution in [1.29, 1.82) is 0 Å². The molecule has 0 N–H and O–H groups in total. The maximum absolute atomic E-state index is 11.4. The summed E-state index contributed by atoms with van der Waals surface area (Å²) in [5.41, 5.74) is 10.8. The Labute approximate surface area is 387 Å². The fourth-order valence-corrected chi connectivity index (χ4v) is 8.01. The molecular formula is C56H54N2O8. The van der Waals surface area contributed by atoms with E-state index in [2.05, 4.69) is 112 Å². The largest absolute Gasteiger partial charge is 0.493 e. The number of hydrogen-bond donors (Lipinski definition) is 0. The van der Waals surface area contributed by atoms with Crippen molar-refractivity contribution in [3.05, 3.63) is 196 Å². The summed E-state index contributed by atoms with van der Waals surface area (Å²) in [6.45, 7) is 10.5. The molecule has 0 saturated heterocycles.